The Morgan fingerprint density at radius 3 is 2.20 bits per heavy atom. The van der Waals surface area contributed by atoms with Gasteiger partial charge in [0.25, 0.3) is 0 Å². The smallest absolute Gasteiger partial charge is 0.242 e. The minimum atomic E-state index is 0.00492. The van der Waals surface area contributed by atoms with Crippen LogP contribution in [0, 0.1) is 18.8 Å². The van der Waals surface area contributed by atoms with Crippen LogP contribution in [0.25, 0.3) is 0 Å². The number of hydrogen-bond acceptors (Lipinski definition) is 3. The summed E-state index contributed by atoms with van der Waals surface area (Å²) in [5.41, 5.74) is 1.10. The van der Waals surface area contributed by atoms with Crippen LogP contribution in [-0.4, -0.2) is 34.7 Å². The van der Waals surface area contributed by atoms with Crippen LogP contribution in [0.3, 0.4) is 0 Å². The van der Waals surface area contributed by atoms with Gasteiger partial charge in [0.1, 0.15) is 0 Å². The molecule has 0 unspecified atom stereocenters. The topological polar surface area (TPSA) is 40.6 Å². The van der Waals surface area contributed by atoms with E-state index in [0.717, 1.165) is 12.0 Å². The van der Waals surface area contributed by atoms with Gasteiger partial charge in [0.05, 0.1) is 13.1 Å². The number of carbonyl (C=O) groups is 2. The number of thiophene rings is 1. The van der Waals surface area contributed by atoms with Crippen molar-refractivity contribution in [2.75, 3.05) is 13.1 Å². The Labute approximate surface area is 185 Å². The third kappa shape index (κ3) is 7.94. The summed E-state index contributed by atoms with van der Waals surface area (Å²) in [6.07, 6.45) is 1.47. The zero-order valence-electron chi connectivity index (χ0n) is 19.1. The summed E-state index contributed by atoms with van der Waals surface area (Å²) in [5.74, 6) is 0.730. The molecule has 0 saturated carbocycles. The summed E-state index contributed by atoms with van der Waals surface area (Å²) in [5, 5.41) is 0. The molecule has 1 aromatic heterocycles. The van der Waals surface area contributed by atoms with E-state index >= 15 is 0 Å². The molecule has 1 atom stereocenters. The van der Waals surface area contributed by atoms with Gasteiger partial charge in [0, 0.05) is 29.3 Å². The average Bonchev–Trinajstić information content (AvgIpc) is 3.11. The molecule has 0 fully saturated rings. The lowest BCUT2D eigenvalue weighted by Crippen LogP contribution is -2.44. The van der Waals surface area contributed by atoms with Crippen molar-refractivity contribution in [3.05, 3.63) is 57.8 Å². The number of aryl methyl sites for hydroxylation is 1. The molecule has 0 aliphatic heterocycles. The van der Waals surface area contributed by atoms with Gasteiger partial charge in [-0.25, -0.2) is 0 Å². The first-order valence-electron chi connectivity index (χ1n) is 10.9. The maximum Gasteiger partial charge on any atom is 0.242 e. The minimum absolute atomic E-state index is 0.00492. The molecule has 0 aliphatic carbocycles. The van der Waals surface area contributed by atoms with E-state index in [4.69, 9.17) is 0 Å². The van der Waals surface area contributed by atoms with Gasteiger partial charge in [-0.05, 0) is 36.5 Å². The van der Waals surface area contributed by atoms with Gasteiger partial charge in [-0.3, -0.25) is 9.59 Å². The van der Waals surface area contributed by atoms with E-state index in [0.29, 0.717) is 32.0 Å². The fourth-order valence-corrected chi connectivity index (χ4v) is 4.20. The Bertz CT molecular complexity index is 800. The SMILES string of the molecule is CC[C@@H](C)CN(CC(=O)N(Cc1ccccc1)Cc1ccc(C)s1)C(=O)CC(C)C. The standard InChI is InChI=1S/C25H36N2O2S/c1-6-20(4)15-26(24(28)14-19(2)3)18-25(29)27(16-22-10-8-7-9-11-22)17-23-13-12-21(5)30-23/h7-13,19-20H,6,14-18H2,1-5H3/t20-/m1/s1. The first-order chi connectivity index (χ1) is 14.3. The summed E-state index contributed by atoms with van der Waals surface area (Å²) in [6, 6.07) is 14.2. The van der Waals surface area contributed by atoms with Crippen LogP contribution >= 0.6 is 11.3 Å². The largest absolute Gasteiger partial charge is 0.333 e. The molecular formula is C25H36N2O2S. The molecular weight excluding hydrogens is 392 g/mol. The highest BCUT2D eigenvalue weighted by Crippen LogP contribution is 2.19. The highest BCUT2D eigenvalue weighted by molar-refractivity contribution is 7.11. The van der Waals surface area contributed by atoms with E-state index in [2.05, 4.69) is 32.9 Å². The average molecular weight is 429 g/mol. The maximum atomic E-state index is 13.4. The highest BCUT2D eigenvalue weighted by atomic mass is 32.1. The third-order valence-electron chi connectivity index (χ3n) is 5.20. The van der Waals surface area contributed by atoms with Crippen molar-refractivity contribution in [3.63, 3.8) is 0 Å². The Morgan fingerprint density at radius 1 is 0.933 bits per heavy atom. The summed E-state index contributed by atoms with van der Waals surface area (Å²) in [6.45, 7) is 12.3. The lowest BCUT2D eigenvalue weighted by atomic mass is 10.1. The first-order valence-corrected chi connectivity index (χ1v) is 11.7. The summed E-state index contributed by atoms with van der Waals surface area (Å²) in [7, 11) is 0. The van der Waals surface area contributed by atoms with Crippen molar-refractivity contribution < 1.29 is 9.59 Å². The summed E-state index contributed by atoms with van der Waals surface area (Å²) in [4.78, 5) is 32.3. The lowest BCUT2D eigenvalue weighted by molar-refractivity contribution is -0.142. The van der Waals surface area contributed by atoms with Gasteiger partial charge in [-0.1, -0.05) is 64.4 Å². The molecule has 0 aliphatic rings. The predicted octanol–water partition coefficient (Wildman–Crippen LogP) is 5.51. The zero-order valence-corrected chi connectivity index (χ0v) is 19.9. The number of hydrogen-bond donors (Lipinski definition) is 0. The van der Waals surface area contributed by atoms with Crippen LogP contribution in [0.2, 0.25) is 0 Å². The second-order valence-corrected chi connectivity index (χ2v) is 10.0. The fraction of sp³-hybridized carbons (Fsp3) is 0.520. The van der Waals surface area contributed by atoms with Gasteiger partial charge >= 0.3 is 0 Å². The van der Waals surface area contributed by atoms with Crippen molar-refractivity contribution in [2.45, 2.75) is 60.5 Å². The minimum Gasteiger partial charge on any atom is -0.333 e. The molecule has 2 rings (SSSR count). The van der Waals surface area contributed by atoms with E-state index in [9.17, 15) is 9.59 Å². The van der Waals surface area contributed by atoms with Crippen LogP contribution < -0.4 is 0 Å². The number of amides is 2. The van der Waals surface area contributed by atoms with E-state index in [-0.39, 0.29) is 24.3 Å². The Balaban J connectivity index is 2.18. The van der Waals surface area contributed by atoms with Gasteiger partial charge in [-0.2, -0.15) is 0 Å². The number of carbonyl (C=O) groups excluding carboxylic acids is 2. The van der Waals surface area contributed by atoms with Crippen molar-refractivity contribution in [1.82, 2.24) is 9.80 Å². The van der Waals surface area contributed by atoms with Gasteiger partial charge in [-0.15, -0.1) is 11.3 Å². The van der Waals surface area contributed by atoms with Gasteiger partial charge < -0.3 is 9.80 Å². The van der Waals surface area contributed by atoms with Gasteiger partial charge in [0.2, 0.25) is 11.8 Å². The first kappa shape index (κ1) is 24.1. The molecule has 2 amide bonds. The second-order valence-electron chi connectivity index (χ2n) is 8.63. The lowest BCUT2D eigenvalue weighted by Gasteiger charge is -2.29. The molecule has 164 valence electrons. The van der Waals surface area contributed by atoms with Crippen molar-refractivity contribution >= 4 is 23.2 Å². The highest BCUT2D eigenvalue weighted by Gasteiger charge is 2.23. The maximum absolute atomic E-state index is 13.4. The van der Waals surface area contributed by atoms with Crippen LogP contribution in [0.1, 0.15) is 55.9 Å². The number of rotatable bonds is 11. The molecule has 1 aromatic carbocycles. The molecule has 1 heterocycles. The quantitative estimate of drug-likeness (QED) is 0.474. The van der Waals surface area contributed by atoms with E-state index < -0.39 is 0 Å². The fourth-order valence-electron chi connectivity index (χ4n) is 3.30. The van der Waals surface area contributed by atoms with Crippen molar-refractivity contribution in [1.29, 1.82) is 0 Å². The zero-order chi connectivity index (χ0) is 22.1. The molecule has 0 bridgehead atoms. The van der Waals surface area contributed by atoms with Crippen LogP contribution in [0.4, 0.5) is 0 Å². The Morgan fingerprint density at radius 2 is 1.63 bits per heavy atom. The predicted molar refractivity (Wildman–Crippen MR) is 125 cm³/mol. The molecule has 30 heavy (non-hydrogen) atoms. The Hall–Kier alpha value is -2.14. The van der Waals surface area contributed by atoms with E-state index in [1.54, 1.807) is 16.2 Å². The van der Waals surface area contributed by atoms with E-state index in [1.807, 2.05) is 49.1 Å². The molecule has 5 heteroatoms. The molecule has 0 radical (unpaired) electrons. The number of benzene rings is 1. The normalized spacial score (nSPS) is 12.1. The second kappa shape index (κ2) is 11.9. The van der Waals surface area contributed by atoms with Crippen LogP contribution in [-0.2, 0) is 22.7 Å². The van der Waals surface area contributed by atoms with Gasteiger partial charge in [0.15, 0.2) is 0 Å². The summed E-state index contributed by atoms with van der Waals surface area (Å²) >= 11 is 1.72. The molecule has 2 aromatic rings. The molecule has 4 nitrogen and oxygen atoms in total. The van der Waals surface area contributed by atoms with Crippen molar-refractivity contribution in [2.24, 2.45) is 11.8 Å². The third-order valence-corrected chi connectivity index (χ3v) is 6.19. The van der Waals surface area contributed by atoms with Crippen LogP contribution in [0.15, 0.2) is 42.5 Å². The monoisotopic (exact) mass is 428 g/mol. The molecule has 0 spiro atoms. The van der Waals surface area contributed by atoms with E-state index in [1.165, 1.54) is 9.75 Å². The Kier molecular flexibility index (Phi) is 9.57. The van der Waals surface area contributed by atoms with Crippen molar-refractivity contribution in [3.8, 4) is 0 Å². The summed E-state index contributed by atoms with van der Waals surface area (Å²) < 4.78 is 0. The molecule has 0 N–H and O–H groups in total. The molecule has 0 saturated heterocycles. The van der Waals surface area contributed by atoms with Crippen LogP contribution in [0.5, 0.6) is 0 Å². The number of nitrogens with zero attached hydrogens (tertiary/aromatic N) is 2.